The largest absolute Gasteiger partial charge is 0.472 e. The molecule has 0 fully saturated rings. The third-order valence-electron chi connectivity index (χ3n) is 3.82. The molecule has 118 valence electrons. The summed E-state index contributed by atoms with van der Waals surface area (Å²) in [6.07, 6.45) is 3.43. The Bertz CT molecular complexity index is 989. The minimum atomic E-state index is 0.762. The normalized spacial score (nSPS) is 10.9. The van der Waals surface area contributed by atoms with Gasteiger partial charge in [-0.25, -0.2) is 4.98 Å². The topological polar surface area (TPSA) is 26.0 Å². The van der Waals surface area contributed by atoms with Crippen LogP contribution < -0.4 is 0 Å². The number of aryl methyl sites for hydroxylation is 1. The molecular formula is C20H14ClNOS. The van der Waals surface area contributed by atoms with Crippen LogP contribution >= 0.6 is 22.9 Å². The van der Waals surface area contributed by atoms with E-state index in [-0.39, 0.29) is 0 Å². The van der Waals surface area contributed by atoms with Gasteiger partial charge in [0, 0.05) is 11.1 Å². The minimum absolute atomic E-state index is 0.762. The van der Waals surface area contributed by atoms with Crippen molar-refractivity contribution < 1.29 is 4.42 Å². The van der Waals surface area contributed by atoms with E-state index in [4.69, 9.17) is 21.0 Å². The van der Waals surface area contributed by atoms with E-state index >= 15 is 0 Å². The highest BCUT2D eigenvalue weighted by atomic mass is 35.5. The molecule has 0 aliphatic carbocycles. The molecule has 0 amide bonds. The molecule has 0 N–H and O–H groups in total. The number of furan rings is 1. The predicted octanol–water partition coefficient (Wildman–Crippen LogP) is 6.70. The van der Waals surface area contributed by atoms with Crippen LogP contribution in [-0.2, 0) is 0 Å². The van der Waals surface area contributed by atoms with Gasteiger partial charge in [0.2, 0.25) is 0 Å². The molecule has 0 aliphatic heterocycles. The highest BCUT2D eigenvalue weighted by Gasteiger charge is 2.11. The lowest BCUT2D eigenvalue weighted by Crippen LogP contribution is -1.89. The van der Waals surface area contributed by atoms with Crippen LogP contribution in [0.3, 0.4) is 0 Å². The molecule has 4 aromatic rings. The second kappa shape index (κ2) is 6.27. The van der Waals surface area contributed by atoms with Crippen LogP contribution in [0.1, 0.15) is 5.56 Å². The van der Waals surface area contributed by atoms with Crippen LogP contribution in [0.15, 0.2) is 71.5 Å². The van der Waals surface area contributed by atoms with Crippen LogP contribution in [0.25, 0.3) is 33.0 Å². The van der Waals surface area contributed by atoms with Crippen molar-refractivity contribution in [1.82, 2.24) is 4.98 Å². The Morgan fingerprint density at radius 3 is 2.50 bits per heavy atom. The molecule has 4 heteroatoms. The molecule has 3 heterocycles. The molecule has 0 saturated heterocycles. The van der Waals surface area contributed by atoms with E-state index in [1.165, 1.54) is 16.9 Å². The quantitative estimate of drug-likeness (QED) is 0.410. The van der Waals surface area contributed by atoms with E-state index in [0.717, 1.165) is 37.3 Å². The number of hydrogen-bond donors (Lipinski definition) is 0. The third kappa shape index (κ3) is 3.01. The second-order valence-electron chi connectivity index (χ2n) is 5.61. The van der Waals surface area contributed by atoms with Crippen LogP contribution in [0.4, 0.5) is 0 Å². The summed E-state index contributed by atoms with van der Waals surface area (Å²) in [5.74, 6) is 0. The first-order valence-electron chi connectivity index (χ1n) is 7.56. The zero-order chi connectivity index (χ0) is 16.5. The monoisotopic (exact) mass is 351 g/mol. The summed E-state index contributed by atoms with van der Waals surface area (Å²) in [5, 5.41) is 0. The Hall–Kier alpha value is -2.36. The number of thiophene rings is 1. The third-order valence-corrected chi connectivity index (χ3v) is 5.07. The van der Waals surface area contributed by atoms with E-state index in [2.05, 4.69) is 43.3 Å². The van der Waals surface area contributed by atoms with E-state index in [1.54, 1.807) is 12.5 Å². The van der Waals surface area contributed by atoms with E-state index < -0.39 is 0 Å². The number of aromatic nitrogens is 1. The number of benzene rings is 1. The number of rotatable bonds is 3. The first-order valence-corrected chi connectivity index (χ1v) is 8.76. The molecule has 0 atom stereocenters. The first-order chi connectivity index (χ1) is 11.7. The highest BCUT2D eigenvalue weighted by molar-refractivity contribution is 7.19. The maximum atomic E-state index is 6.10. The van der Waals surface area contributed by atoms with Crippen LogP contribution in [0.2, 0.25) is 4.34 Å². The Morgan fingerprint density at radius 1 is 0.917 bits per heavy atom. The summed E-state index contributed by atoms with van der Waals surface area (Å²) in [5.41, 5.74) is 6.29. The van der Waals surface area contributed by atoms with Crippen molar-refractivity contribution in [3.8, 4) is 33.0 Å². The molecule has 0 saturated carbocycles. The zero-order valence-electron chi connectivity index (χ0n) is 13.0. The Labute approximate surface area is 149 Å². The number of hydrogen-bond acceptors (Lipinski definition) is 3. The average molecular weight is 352 g/mol. The van der Waals surface area contributed by atoms with Crippen molar-refractivity contribution in [2.45, 2.75) is 6.92 Å². The van der Waals surface area contributed by atoms with Crippen molar-refractivity contribution in [3.05, 3.63) is 77.0 Å². The molecule has 4 rings (SSSR count). The average Bonchev–Trinajstić information content (AvgIpc) is 3.26. The van der Waals surface area contributed by atoms with Crippen molar-refractivity contribution in [3.63, 3.8) is 0 Å². The van der Waals surface area contributed by atoms with E-state index in [1.807, 2.05) is 18.2 Å². The molecule has 2 nitrogen and oxygen atoms in total. The smallest absolute Gasteiger partial charge is 0.0980 e. The van der Waals surface area contributed by atoms with Gasteiger partial charge < -0.3 is 4.42 Å². The highest BCUT2D eigenvalue weighted by Crippen LogP contribution is 2.34. The van der Waals surface area contributed by atoms with Crippen molar-refractivity contribution in [1.29, 1.82) is 0 Å². The fraction of sp³-hybridized carbons (Fsp3) is 0.0500. The van der Waals surface area contributed by atoms with Gasteiger partial charge in [0.25, 0.3) is 0 Å². The lowest BCUT2D eigenvalue weighted by atomic mass is 10.0. The van der Waals surface area contributed by atoms with Gasteiger partial charge in [-0.3, -0.25) is 0 Å². The van der Waals surface area contributed by atoms with Crippen molar-refractivity contribution in [2.75, 3.05) is 0 Å². The Morgan fingerprint density at radius 2 is 1.79 bits per heavy atom. The summed E-state index contributed by atoms with van der Waals surface area (Å²) < 4.78 is 6.01. The second-order valence-corrected chi connectivity index (χ2v) is 7.33. The van der Waals surface area contributed by atoms with E-state index in [0.29, 0.717) is 0 Å². The molecular weight excluding hydrogens is 338 g/mol. The molecule has 0 spiro atoms. The summed E-state index contributed by atoms with van der Waals surface area (Å²) in [6, 6.07) is 18.4. The molecule has 0 unspecified atom stereocenters. The summed E-state index contributed by atoms with van der Waals surface area (Å²) in [6.45, 7) is 2.09. The molecule has 3 aromatic heterocycles. The predicted molar refractivity (Wildman–Crippen MR) is 100 cm³/mol. The maximum Gasteiger partial charge on any atom is 0.0980 e. The van der Waals surface area contributed by atoms with Gasteiger partial charge in [0.05, 0.1) is 33.1 Å². The lowest BCUT2D eigenvalue weighted by molar-refractivity contribution is 0.568. The summed E-state index contributed by atoms with van der Waals surface area (Å²) >= 11 is 7.64. The number of halogens is 1. The Kier molecular flexibility index (Phi) is 3.97. The zero-order valence-corrected chi connectivity index (χ0v) is 14.6. The standard InChI is InChI=1S/C20H14ClNOS/c1-13-3-2-4-14(9-13)17-10-16(15-7-8-23-12-15)11-18(22-17)19-5-6-20(21)24-19/h2-12H,1H3. The van der Waals surface area contributed by atoms with Crippen LogP contribution in [-0.4, -0.2) is 4.98 Å². The van der Waals surface area contributed by atoms with Gasteiger partial charge in [0.1, 0.15) is 0 Å². The van der Waals surface area contributed by atoms with Gasteiger partial charge in [-0.1, -0.05) is 35.4 Å². The minimum Gasteiger partial charge on any atom is -0.472 e. The maximum absolute atomic E-state index is 6.10. The number of nitrogens with zero attached hydrogens (tertiary/aromatic N) is 1. The number of pyridine rings is 1. The summed E-state index contributed by atoms with van der Waals surface area (Å²) in [7, 11) is 0. The van der Waals surface area contributed by atoms with Crippen LogP contribution in [0, 0.1) is 6.92 Å². The van der Waals surface area contributed by atoms with Gasteiger partial charge in [-0.15, -0.1) is 11.3 Å². The molecule has 0 radical (unpaired) electrons. The molecule has 1 aromatic carbocycles. The van der Waals surface area contributed by atoms with Gasteiger partial charge in [-0.05, 0) is 48.9 Å². The van der Waals surface area contributed by atoms with Gasteiger partial charge in [-0.2, -0.15) is 0 Å². The van der Waals surface area contributed by atoms with Crippen LogP contribution in [0.5, 0.6) is 0 Å². The molecule has 24 heavy (non-hydrogen) atoms. The van der Waals surface area contributed by atoms with Crippen molar-refractivity contribution >= 4 is 22.9 Å². The van der Waals surface area contributed by atoms with E-state index in [9.17, 15) is 0 Å². The molecule has 0 bridgehead atoms. The Balaban J connectivity index is 1.91. The summed E-state index contributed by atoms with van der Waals surface area (Å²) in [4.78, 5) is 5.91. The molecule has 0 aliphatic rings. The lowest BCUT2D eigenvalue weighted by Gasteiger charge is -2.08. The van der Waals surface area contributed by atoms with Crippen molar-refractivity contribution in [2.24, 2.45) is 0 Å². The fourth-order valence-corrected chi connectivity index (χ4v) is 3.66. The first kappa shape index (κ1) is 15.2. The SMILES string of the molecule is Cc1cccc(-c2cc(-c3ccoc3)cc(-c3ccc(Cl)s3)n2)c1. The fourth-order valence-electron chi connectivity index (χ4n) is 2.66. The van der Waals surface area contributed by atoms with Gasteiger partial charge in [0.15, 0.2) is 0 Å². The van der Waals surface area contributed by atoms with Gasteiger partial charge >= 0.3 is 0 Å².